The number of ether oxygens (including phenoxy) is 2. The Morgan fingerprint density at radius 2 is 2.06 bits per heavy atom. The third-order valence-corrected chi connectivity index (χ3v) is 3.06. The average Bonchev–Trinajstić information content (AvgIpc) is 2.37. The number of hydrogen-bond donors (Lipinski definition) is 2. The van der Waals surface area contributed by atoms with Gasteiger partial charge in [0, 0.05) is 5.56 Å². The van der Waals surface area contributed by atoms with Gasteiger partial charge in [-0.05, 0) is 32.2 Å². The molecule has 0 aromatic heterocycles. The van der Waals surface area contributed by atoms with E-state index < -0.39 is 11.5 Å². The number of rotatable bonds is 6. The van der Waals surface area contributed by atoms with Gasteiger partial charge in [0.1, 0.15) is 11.5 Å². The maximum absolute atomic E-state index is 11.0. The molecule has 0 aliphatic heterocycles. The molecule has 1 atom stereocenters. The van der Waals surface area contributed by atoms with Gasteiger partial charge < -0.3 is 19.9 Å². The average molecular weight is 253 g/mol. The fourth-order valence-corrected chi connectivity index (χ4v) is 1.87. The molecule has 5 heteroatoms. The molecule has 100 valence electrons. The lowest BCUT2D eigenvalue weighted by Crippen LogP contribution is -2.39. The number of carboxylic acid groups (broad SMARTS) is 1. The van der Waals surface area contributed by atoms with Crippen LogP contribution in [0.15, 0.2) is 18.2 Å². The highest BCUT2D eigenvalue weighted by molar-refractivity contribution is 5.69. The third-order valence-electron chi connectivity index (χ3n) is 3.06. The Bertz CT molecular complexity index is 433. The van der Waals surface area contributed by atoms with E-state index >= 15 is 0 Å². The second-order valence-corrected chi connectivity index (χ2v) is 4.22. The van der Waals surface area contributed by atoms with Crippen LogP contribution in [0.2, 0.25) is 0 Å². The molecule has 1 unspecified atom stereocenters. The molecule has 1 aromatic rings. The highest BCUT2D eigenvalue weighted by atomic mass is 16.5. The Hall–Kier alpha value is -1.75. The van der Waals surface area contributed by atoms with Crippen LogP contribution in [0.4, 0.5) is 0 Å². The largest absolute Gasteiger partial charge is 0.497 e. The first-order valence-corrected chi connectivity index (χ1v) is 5.60. The third kappa shape index (κ3) is 2.92. The topological polar surface area (TPSA) is 67.8 Å². The van der Waals surface area contributed by atoms with E-state index in [1.807, 2.05) is 6.92 Å². The van der Waals surface area contributed by atoms with E-state index in [1.54, 1.807) is 39.5 Å². The van der Waals surface area contributed by atoms with E-state index in [-0.39, 0.29) is 6.42 Å². The lowest BCUT2D eigenvalue weighted by atomic mass is 9.88. The molecule has 0 heterocycles. The van der Waals surface area contributed by atoms with Crippen molar-refractivity contribution in [2.45, 2.75) is 18.9 Å². The summed E-state index contributed by atoms with van der Waals surface area (Å²) in [6.45, 7) is 1.82. The predicted molar refractivity (Wildman–Crippen MR) is 68.2 cm³/mol. The Kier molecular flexibility index (Phi) is 4.55. The van der Waals surface area contributed by atoms with E-state index in [1.165, 1.54) is 0 Å². The zero-order chi connectivity index (χ0) is 13.8. The van der Waals surface area contributed by atoms with Crippen LogP contribution in [0.1, 0.15) is 18.9 Å². The van der Waals surface area contributed by atoms with Crippen LogP contribution in [0.5, 0.6) is 11.5 Å². The molecule has 1 rings (SSSR count). The zero-order valence-corrected chi connectivity index (χ0v) is 11.1. The molecule has 0 fully saturated rings. The molecule has 1 aromatic carbocycles. The van der Waals surface area contributed by atoms with E-state index in [0.717, 1.165) is 5.56 Å². The molecule has 2 N–H and O–H groups in total. The quantitative estimate of drug-likeness (QED) is 0.806. The monoisotopic (exact) mass is 253 g/mol. The number of carbonyl (C=O) groups is 1. The smallest absolute Gasteiger partial charge is 0.305 e. The molecular weight excluding hydrogens is 234 g/mol. The number of hydrogen-bond acceptors (Lipinski definition) is 4. The summed E-state index contributed by atoms with van der Waals surface area (Å²) in [6, 6.07) is 5.34. The van der Waals surface area contributed by atoms with E-state index in [2.05, 4.69) is 5.32 Å². The minimum atomic E-state index is -0.878. The number of benzene rings is 1. The Morgan fingerprint density at radius 3 is 2.50 bits per heavy atom. The van der Waals surface area contributed by atoms with Crippen molar-refractivity contribution < 1.29 is 19.4 Å². The summed E-state index contributed by atoms with van der Waals surface area (Å²) in [5.41, 5.74) is 0.0420. The second kappa shape index (κ2) is 5.73. The van der Waals surface area contributed by atoms with Crippen LogP contribution in [0.25, 0.3) is 0 Å². The van der Waals surface area contributed by atoms with Gasteiger partial charge in [0.2, 0.25) is 0 Å². The van der Waals surface area contributed by atoms with Crippen molar-refractivity contribution in [1.82, 2.24) is 5.32 Å². The first-order valence-electron chi connectivity index (χ1n) is 5.60. The molecule has 18 heavy (non-hydrogen) atoms. The number of nitrogens with one attached hydrogen (secondary N) is 1. The first kappa shape index (κ1) is 14.3. The molecular formula is C13H19NO4. The van der Waals surface area contributed by atoms with Gasteiger partial charge in [0.05, 0.1) is 26.2 Å². The zero-order valence-electron chi connectivity index (χ0n) is 11.1. The molecule has 0 amide bonds. The van der Waals surface area contributed by atoms with E-state index in [4.69, 9.17) is 14.6 Å². The Morgan fingerprint density at radius 1 is 1.39 bits per heavy atom. The van der Waals surface area contributed by atoms with Crippen molar-refractivity contribution in [3.05, 3.63) is 23.8 Å². The molecule has 0 saturated heterocycles. The number of methoxy groups -OCH3 is 2. The van der Waals surface area contributed by atoms with E-state index in [0.29, 0.717) is 11.5 Å². The molecule has 0 spiro atoms. The maximum Gasteiger partial charge on any atom is 0.305 e. The summed E-state index contributed by atoms with van der Waals surface area (Å²) in [5.74, 6) is 0.420. The molecule has 0 aliphatic carbocycles. The van der Waals surface area contributed by atoms with Crippen molar-refractivity contribution >= 4 is 5.97 Å². The van der Waals surface area contributed by atoms with Crippen molar-refractivity contribution in [2.75, 3.05) is 21.3 Å². The summed E-state index contributed by atoms with van der Waals surface area (Å²) >= 11 is 0. The molecule has 5 nitrogen and oxygen atoms in total. The normalized spacial score (nSPS) is 13.8. The van der Waals surface area contributed by atoms with Gasteiger partial charge in [0.25, 0.3) is 0 Å². The van der Waals surface area contributed by atoms with Crippen LogP contribution in [0, 0.1) is 0 Å². The minimum Gasteiger partial charge on any atom is -0.497 e. The number of aliphatic carboxylic acids is 1. The summed E-state index contributed by atoms with van der Waals surface area (Å²) in [7, 11) is 4.85. The van der Waals surface area contributed by atoms with Gasteiger partial charge in [-0.25, -0.2) is 0 Å². The maximum atomic E-state index is 11.0. The van der Waals surface area contributed by atoms with Crippen molar-refractivity contribution in [1.29, 1.82) is 0 Å². The highest BCUT2D eigenvalue weighted by Gasteiger charge is 2.31. The van der Waals surface area contributed by atoms with Gasteiger partial charge in [-0.15, -0.1) is 0 Å². The summed E-state index contributed by atoms with van der Waals surface area (Å²) in [6.07, 6.45) is -0.0486. The lowest BCUT2D eigenvalue weighted by Gasteiger charge is -2.30. The Labute approximate surface area is 107 Å². The van der Waals surface area contributed by atoms with Crippen LogP contribution in [-0.2, 0) is 10.3 Å². The molecule has 0 radical (unpaired) electrons. The van der Waals surface area contributed by atoms with Crippen molar-refractivity contribution in [2.24, 2.45) is 0 Å². The van der Waals surface area contributed by atoms with E-state index in [9.17, 15) is 4.79 Å². The summed E-state index contributed by atoms with van der Waals surface area (Å²) < 4.78 is 10.5. The predicted octanol–water partition coefficient (Wildman–Crippen LogP) is 1.61. The van der Waals surface area contributed by atoms with Gasteiger partial charge in [-0.2, -0.15) is 0 Å². The fraction of sp³-hybridized carbons (Fsp3) is 0.462. The van der Waals surface area contributed by atoms with Gasteiger partial charge >= 0.3 is 5.97 Å². The van der Waals surface area contributed by atoms with Gasteiger partial charge in [-0.1, -0.05) is 0 Å². The minimum absolute atomic E-state index is 0.0486. The molecule has 0 aliphatic rings. The van der Waals surface area contributed by atoms with Crippen LogP contribution in [0.3, 0.4) is 0 Å². The van der Waals surface area contributed by atoms with Crippen LogP contribution in [-0.4, -0.2) is 32.3 Å². The molecule has 0 bridgehead atoms. The highest BCUT2D eigenvalue weighted by Crippen LogP contribution is 2.35. The number of carboxylic acids is 1. The van der Waals surface area contributed by atoms with Gasteiger partial charge in [-0.3, -0.25) is 4.79 Å². The summed E-state index contributed by atoms with van der Waals surface area (Å²) in [5, 5.41) is 12.1. The van der Waals surface area contributed by atoms with Gasteiger partial charge in [0.15, 0.2) is 0 Å². The second-order valence-electron chi connectivity index (χ2n) is 4.22. The lowest BCUT2D eigenvalue weighted by molar-refractivity contribution is -0.138. The Balaban J connectivity index is 3.29. The van der Waals surface area contributed by atoms with Crippen molar-refractivity contribution in [3.63, 3.8) is 0 Å². The standard InChI is InChI=1S/C13H19NO4/c1-13(14-2,8-12(15)16)10-7-9(17-3)5-6-11(10)18-4/h5-7,14H,8H2,1-4H3,(H,15,16). The summed E-state index contributed by atoms with van der Waals surface area (Å²) in [4.78, 5) is 11.0. The van der Waals surface area contributed by atoms with Crippen LogP contribution < -0.4 is 14.8 Å². The first-order chi connectivity index (χ1) is 8.46. The van der Waals surface area contributed by atoms with Crippen LogP contribution >= 0.6 is 0 Å². The SMILES string of the molecule is CNC(C)(CC(=O)O)c1cc(OC)ccc1OC. The molecule has 0 saturated carbocycles. The fourth-order valence-electron chi connectivity index (χ4n) is 1.87. The van der Waals surface area contributed by atoms with Crippen molar-refractivity contribution in [3.8, 4) is 11.5 Å².